The smallest absolute Gasteiger partial charge is 0.247 e. The Labute approximate surface area is 152 Å². The number of nitrogens with one attached hydrogen (secondary N) is 1. The van der Waals surface area contributed by atoms with Crippen LogP contribution >= 0.6 is 23.1 Å². The number of hydrogen-bond donors (Lipinski definition) is 2. The zero-order valence-electron chi connectivity index (χ0n) is 13.3. The summed E-state index contributed by atoms with van der Waals surface area (Å²) >= 11 is 2.69. The fraction of sp³-hybridized carbons (Fsp3) is 0.125. The fourth-order valence-corrected chi connectivity index (χ4v) is 3.25. The number of nitrogen functional groups attached to an aromatic ring is 1. The van der Waals surface area contributed by atoms with Crippen LogP contribution in [0.15, 0.2) is 55.9 Å². The summed E-state index contributed by atoms with van der Waals surface area (Å²) in [7, 11) is 0. The Morgan fingerprint density at radius 1 is 1.32 bits per heavy atom. The monoisotopic (exact) mass is 373 g/mol. The maximum Gasteiger partial charge on any atom is 0.247 e. The zero-order chi connectivity index (χ0) is 17.6. The highest BCUT2D eigenvalue weighted by atomic mass is 32.2. The maximum atomic E-state index is 11.7. The first-order valence-corrected chi connectivity index (χ1v) is 8.96. The van der Waals surface area contributed by atoms with Gasteiger partial charge in [0.25, 0.3) is 0 Å². The third-order valence-electron chi connectivity index (χ3n) is 3.02. The Bertz CT molecular complexity index is 886. The van der Waals surface area contributed by atoms with Crippen molar-refractivity contribution in [3.05, 3.63) is 52.7 Å². The van der Waals surface area contributed by atoms with Gasteiger partial charge in [-0.2, -0.15) is 5.10 Å². The molecule has 3 N–H and O–H groups in total. The molecule has 0 unspecified atom stereocenters. The van der Waals surface area contributed by atoms with Crippen molar-refractivity contribution in [2.75, 3.05) is 5.73 Å². The molecule has 2 heterocycles. The van der Waals surface area contributed by atoms with Crippen LogP contribution in [0.4, 0.5) is 5.13 Å². The molecule has 2 aromatic heterocycles. The summed E-state index contributed by atoms with van der Waals surface area (Å²) in [6, 6.07) is 11.8. The van der Waals surface area contributed by atoms with Gasteiger partial charge in [-0.05, 0) is 31.2 Å². The van der Waals surface area contributed by atoms with E-state index < -0.39 is 0 Å². The lowest BCUT2D eigenvalue weighted by Crippen LogP contribution is -2.19. The number of anilines is 1. The van der Waals surface area contributed by atoms with Gasteiger partial charge in [-0.25, -0.2) is 5.43 Å². The van der Waals surface area contributed by atoms with E-state index >= 15 is 0 Å². The van der Waals surface area contributed by atoms with Gasteiger partial charge in [-0.3, -0.25) is 4.79 Å². The number of benzene rings is 1. The second-order valence-corrected chi connectivity index (χ2v) is 7.25. The van der Waals surface area contributed by atoms with Crippen molar-refractivity contribution in [1.29, 1.82) is 0 Å². The van der Waals surface area contributed by atoms with Crippen LogP contribution in [-0.4, -0.2) is 22.3 Å². The Morgan fingerprint density at radius 2 is 2.12 bits per heavy atom. The summed E-state index contributed by atoms with van der Waals surface area (Å²) in [5.41, 5.74) is 9.09. The number of aryl methyl sites for hydroxylation is 1. The highest BCUT2D eigenvalue weighted by Gasteiger charge is 2.07. The van der Waals surface area contributed by atoms with Gasteiger partial charge in [-0.15, -0.1) is 10.2 Å². The molecule has 3 aromatic rings. The van der Waals surface area contributed by atoms with Gasteiger partial charge >= 0.3 is 0 Å². The van der Waals surface area contributed by atoms with Gasteiger partial charge in [0, 0.05) is 4.90 Å². The highest BCUT2D eigenvalue weighted by molar-refractivity contribution is 7.99. The van der Waals surface area contributed by atoms with Crippen LogP contribution in [0.3, 0.4) is 0 Å². The third-order valence-corrected chi connectivity index (χ3v) is 4.70. The van der Waals surface area contributed by atoms with E-state index in [9.17, 15) is 4.79 Å². The van der Waals surface area contributed by atoms with Crippen molar-refractivity contribution in [3.8, 4) is 0 Å². The fourth-order valence-electron chi connectivity index (χ4n) is 1.86. The molecule has 0 aliphatic carbocycles. The molecule has 0 bridgehead atoms. The lowest BCUT2D eigenvalue weighted by atomic mass is 10.2. The van der Waals surface area contributed by atoms with Crippen molar-refractivity contribution in [3.63, 3.8) is 0 Å². The van der Waals surface area contributed by atoms with Gasteiger partial charge < -0.3 is 10.2 Å². The summed E-state index contributed by atoms with van der Waals surface area (Å²) in [5.74, 6) is 0.253. The number of nitrogens with two attached hydrogens (primary N) is 1. The van der Waals surface area contributed by atoms with Crippen LogP contribution in [0.25, 0.3) is 0 Å². The van der Waals surface area contributed by atoms with Crippen molar-refractivity contribution >= 4 is 40.4 Å². The topological polar surface area (TPSA) is 106 Å². The molecule has 0 fully saturated rings. The molecule has 9 heteroatoms. The van der Waals surface area contributed by atoms with E-state index in [1.54, 1.807) is 6.07 Å². The predicted octanol–water partition coefficient (Wildman–Crippen LogP) is 2.87. The van der Waals surface area contributed by atoms with Crippen LogP contribution in [0.5, 0.6) is 0 Å². The molecule has 1 aromatic carbocycles. The first-order chi connectivity index (χ1) is 12.1. The Balaban J connectivity index is 1.51. The second kappa shape index (κ2) is 7.95. The summed E-state index contributed by atoms with van der Waals surface area (Å²) in [5, 5.41) is 12.9. The van der Waals surface area contributed by atoms with Crippen LogP contribution in [0, 0.1) is 6.92 Å². The van der Waals surface area contributed by atoms with Crippen molar-refractivity contribution < 1.29 is 9.21 Å². The van der Waals surface area contributed by atoms with Gasteiger partial charge in [-0.1, -0.05) is 40.8 Å². The molecule has 0 aliphatic heterocycles. The molecule has 0 saturated carbocycles. The zero-order valence-corrected chi connectivity index (χ0v) is 14.9. The number of furan rings is 1. The van der Waals surface area contributed by atoms with E-state index in [0.717, 1.165) is 9.99 Å². The van der Waals surface area contributed by atoms with Crippen LogP contribution in [0.1, 0.15) is 16.3 Å². The first-order valence-electron chi connectivity index (χ1n) is 7.32. The molecule has 0 atom stereocenters. The van der Waals surface area contributed by atoms with Gasteiger partial charge in [0.05, 0.1) is 12.6 Å². The van der Waals surface area contributed by atoms with E-state index in [-0.39, 0.29) is 12.3 Å². The maximum absolute atomic E-state index is 11.7. The second-order valence-electron chi connectivity index (χ2n) is 5.08. The van der Waals surface area contributed by atoms with Crippen LogP contribution in [0.2, 0.25) is 0 Å². The van der Waals surface area contributed by atoms with Crippen LogP contribution in [-0.2, 0) is 11.2 Å². The van der Waals surface area contributed by atoms with Crippen LogP contribution < -0.4 is 11.2 Å². The number of rotatable bonds is 6. The molecule has 7 nitrogen and oxygen atoms in total. The van der Waals surface area contributed by atoms with E-state index in [0.29, 0.717) is 15.9 Å². The number of carbonyl (C=O) groups is 1. The van der Waals surface area contributed by atoms with Crippen molar-refractivity contribution in [2.45, 2.75) is 23.3 Å². The van der Waals surface area contributed by atoms with E-state index in [1.165, 1.54) is 34.9 Å². The molecule has 0 aliphatic rings. The average molecular weight is 373 g/mol. The highest BCUT2D eigenvalue weighted by Crippen LogP contribution is 2.28. The minimum Gasteiger partial charge on any atom is -0.448 e. The lowest BCUT2D eigenvalue weighted by Gasteiger charge is -1.98. The molecule has 128 valence electrons. The standard InChI is InChI=1S/C16H15N5O2S2/c1-10-2-5-12(6-3-10)24-15-7-4-11(23-15)9-18-19-13(22)8-14-20-21-16(17)25-14/h2-7,9H,8H2,1H3,(H2,17,21)(H,19,22). The minimum absolute atomic E-state index is 0.0822. The molecule has 0 radical (unpaired) electrons. The van der Waals surface area contributed by atoms with Crippen molar-refractivity contribution in [1.82, 2.24) is 15.6 Å². The minimum atomic E-state index is -0.298. The van der Waals surface area contributed by atoms with E-state index in [1.807, 2.05) is 25.1 Å². The van der Waals surface area contributed by atoms with E-state index in [4.69, 9.17) is 10.2 Å². The van der Waals surface area contributed by atoms with Gasteiger partial charge in [0.1, 0.15) is 10.8 Å². The quantitative estimate of drug-likeness (QED) is 0.508. The summed E-state index contributed by atoms with van der Waals surface area (Å²) in [4.78, 5) is 12.8. The Kier molecular flexibility index (Phi) is 5.46. The SMILES string of the molecule is Cc1ccc(Sc2ccc(C=NNC(=O)Cc3nnc(N)s3)o2)cc1. The number of aromatic nitrogens is 2. The summed E-state index contributed by atoms with van der Waals surface area (Å²) < 4.78 is 5.65. The molecular weight excluding hydrogens is 358 g/mol. The molecule has 3 rings (SSSR count). The van der Waals surface area contributed by atoms with Gasteiger partial charge in [0.15, 0.2) is 5.09 Å². The number of hydrazone groups is 1. The van der Waals surface area contributed by atoms with E-state index in [2.05, 4.69) is 32.9 Å². The summed E-state index contributed by atoms with van der Waals surface area (Å²) in [6.07, 6.45) is 1.53. The number of carbonyl (C=O) groups excluding carboxylic acids is 1. The molecule has 0 saturated heterocycles. The predicted molar refractivity (Wildman–Crippen MR) is 97.8 cm³/mol. The summed E-state index contributed by atoms with van der Waals surface area (Å²) in [6.45, 7) is 2.05. The molecular formula is C16H15N5O2S2. The molecule has 1 amide bonds. The van der Waals surface area contributed by atoms with Gasteiger partial charge in [0.2, 0.25) is 11.0 Å². The lowest BCUT2D eigenvalue weighted by molar-refractivity contribution is -0.120. The third kappa shape index (κ3) is 5.16. The number of hydrogen-bond acceptors (Lipinski definition) is 8. The Morgan fingerprint density at radius 3 is 2.84 bits per heavy atom. The normalized spacial score (nSPS) is 11.1. The average Bonchev–Trinajstić information content (AvgIpc) is 3.19. The molecule has 25 heavy (non-hydrogen) atoms. The number of nitrogens with zero attached hydrogens (tertiary/aromatic N) is 3. The Hall–Kier alpha value is -2.65. The van der Waals surface area contributed by atoms with Crippen molar-refractivity contribution in [2.24, 2.45) is 5.10 Å². The molecule has 0 spiro atoms. The first kappa shape index (κ1) is 17.2. The largest absolute Gasteiger partial charge is 0.448 e. The number of amides is 1.